The smallest absolute Gasteiger partial charge is 0.236 e. The summed E-state index contributed by atoms with van der Waals surface area (Å²) in [6.07, 6.45) is 1.58. The van der Waals surface area contributed by atoms with E-state index in [-0.39, 0.29) is 17.6 Å². The van der Waals surface area contributed by atoms with Gasteiger partial charge in [0, 0.05) is 30.1 Å². The number of carbonyl (C=O) groups is 2. The number of likely N-dealkylation sites (N-methyl/N-ethyl adjacent to an activating group) is 1. The molecule has 0 atom stereocenters. The molecular weight excluding hydrogens is 372 g/mol. The van der Waals surface area contributed by atoms with Crippen LogP contribution in [0.2, 0.25) is 5.02 Å². The number of hydrogen-bond acceptors (Lipinski definition) is 3. The molecule has 0 N–H and O–H groups in total. The number of ketones is 1. The zero-order chi connectivity index (χ0) is 20.1. The fourth-order valence-electron chi connectivity index (χ4n) is 3.65. The second-order valence-electron chi connectivity index (χ2n) is 7.60. The maximum atomic E-state index is 12.6. The van der Waals surface area contributed by atoms with Crippen LogP contribution >= 0.6 is 11.6 Å². The van der Waals surface area contributed by atoms with Crippen molar-refractivity contribution < 1.29 is 9.59 Å². The molecule has 0 aliphatic carbocycles. The molecule has 2 aromatic carbocycles. The third-order valence-electron chi connectivity index (χ3n) is 5.54. The molecule has 28 heavy (non-hydrogen) atoms. The number of amides is 1. The standard InChI is InChI=1S/C23H27ClN2O2/c1-17-5-3-4-6-20(17)15-25(2)22(27)16-26-13-11-19(12-14-26)23(28)18-7-9-21(24)10-8-18/h3-10,19H,11-16H2,1-2H3. The van der Waals surface area contributed by atoms with Crippen LogP contribution in [0.25, 0.3) is 0 Å². The Morgan fingerprint density at radius 3 is 2.36 bits per heavy atom. The van der Waals surface area contributed by atoms with Gasteiger partial charge in [-0.25, -0.2) is 0 Å². The van der Waals surface area contributed by atoms with Gasteiger partial charge in [0.15, 0.2) is 5.78 Å². The van der Waals surface area contributed by atoms with E-state index < -0.39 is 0 Å². The highest BCUT2D eigenvalue weighted by Crippen LogP contribution is 2.23. The molecule has 0 aromatic heterocycles. The van der Waals surface area contributed by atoms with E-state index in [0.717, 1.165) is 31.5 Å². The Balaban J connectivity index is 1.48. The van der Waals surface area contributed by atoms with Gasteiger partial charge < -0.3 is 4.90 Å². The highest BCUT2D eigenvalue weighted by Gasteiger charge is 2.27. The van der Waals surface area contributed by atoms with Crippen LogP contribution < -0.4 is 0 Å². The van der Waals surface area contributed by atoms with Crippen LogP contribution in [0.5, 0.6) is 0 Å². The van der Waals surface area contributed by atoms with Gasteiger partial charge >= 0.3 is 0 Å². The minimum Gasteiger partial charge on any atom is -0.340 e. The number of carbonyl (C=O) groups excluding carboxylic acids is 2. The molecule has 1 aliphatic rings. The van der Waals surface area contributed by atoms with Crippen molar-refractivity contribution in [1.29, 1.82) is 0 Å². The summed E-state index contributed by atoms with van der Waals surface area (Å²) in [7, 11) is 1.85. The summed E-state index contributed by atoms with van der Waals surface area (Å²) >= 11 is 5.90. The molecule has 0 spiro atoms. The number of piperidine rings is 1. The van der Waals surface area contributed by atoms with Crippen molar-refractivity contribution in [2.45, 2.75) is 26.3 Å². The monoisotopic (exact) mass is 398 g/mol. The van der Waals surface area contributed by atoms with Gasteiger partial charge in [0.05, 0.1) is 6.54 Å². The normalized spacial score (nSPS) is 15.4. The molecule has 0 saturated carbocycles. The fraction of sp³-hybridized carbons (Fsp3) is 0.391. The molecule has 1 fully saturated rings. The highest BCUT2D eigenvalue weighted by molar-refractivity contribution is 6.30. The van der Waals surface area contributed by atoms with Crippen molar-refractivity contribution in [2.75, 3.05) is 26.7 Å². The van der Waals surface area contributed by atoms with Crippen LogP contribution in [-0.2, 0) is 11.3 Å². The van der Waals surface area contributed by atoms with E-state index in [1.54, 1.807) is 29.2 Å². The van der Waals surface area contributed by atoms with Gasteiger partial charge in [-0.2, -0.15) is 0 Å². The summed E-state index contributed by atoms with van der Waals surface area (Å²) in [5.74, 6) is 0.322. The van der Waals surface area contributed by atoms with Crippen LogP contribution in [-0.4, -0.2) is 48.2 Å². The minimum absolute atomic E-state index is 0.0252. The first-order chi connectivity index (χ1) is 13.4. The molecule has 0 radical (unpaired) electrons. The van der Waals surface area contributed by atoms with E-state index in [2.05, 4.69) is 24.0 Å². The predicted octanol–water partition coefficient (Wildman–Crippen LogP) is 4.20. The number of benzene rings is 2. The molecular formula is C23H27ClN2O2. The van der Waals surface area contributed by atoms with Crippen molar-refractivity contribution >= 4 is 23.3 Å². The Bertz CT molecular complexity index is 827. The van der Waals surface area contributed by atoms with E-state index in [4.69, 9.17) is 11.6 Å². The number of rotatable bonds is 6. The van der Waals surface area contributed by atoms with Crippen molar-refractivity contribution in [2.24, 2.45) is 5.92 Å². The Morgan fingerprint density at radius 2 is 1.71 bits per heavy atom. The molecule has 148 valence electrons. The summed E-state index contributed by atoms with van der Waals surface area (Å²) < 4.78 is 0. The van der Waals surface area contributed by atoms with E-state index in [1.807, 2.05) is 19.2 Å². The number of Topliss-reactive ketones (excluding diaryl/α,β-unsaturated/α-hetero) is 1. The summed E-state index contributed by atoms with van der Waals surface area (Å²) in [6.45, 7) is 4.64. The van der Waals surface area contributed by atoms with E-state index in [1.165, 1.54) is 11.1 Å². The summed E-state index contributed by atoms with van der Waals surface area (Å²) in [6, 6.07) is 15.2. The maximum absolute atomic E-state index is 12.6. The fourth-order valence-corrected chi connectivity index (χ4v) is 3.77. The topological polar surface area (TPSA) is 40.6 Å². The predicted molar refractivity (Wildman–Crippen MR) is 113 cm³/mol. The van der Waals surface area contributed by atoms with Crippen LogP contribution in [0.4, 0.5) is 0 Å². The summed E-state index contributed by atoms with van der Waals surface area (Å²) in [5.41, 5.74) is 3.09. The minimum atomic E-state index is 0.0252. The molecule has 0 unspecified atom stereocenters. The molecule has 3 rings (SSSR count). The lowest BCUT2D eigenvalue weighted by Crippen LogP contribution is -2.43. The summed E-state index contributed by atoms with van der Waals surface area (Å²) in [5, 5.41) is 0.639. The van der Waals surface area contributed by atoms with E-state index in [9.17, 15) is 9.59 Å². The lowest BCUT2D eigenvalue weighted by molar-refractivity contribution is -0.131. The Labute approximate surface area is 172 Å². The molecule has 2 aromatic rings. The molecule has 5 heteroatoms. The van der Waals surface area contributed by atoms with Crippen molar-refractivity contribution in [3.05, 3.63) is 70.2 Å². The number of aryl methyl sites for hydroxylation is 1. The third-order valence-corrected chi connectivity index (χ3v) is 5.79. The molecule has 1 heterocycles. The Kier molecular flexibility index (Phi) is 6.87. The number of hydrogen-bond donors (Lipinski definition) is 0. The average molecular weight is 399 g/mol. The van der Waals surface area contributed by atoms with Gasteiger partial charge in [-0.05, 0) is 68.2 Å². The lowest BCUT2D eigenvalue weighted by atomic mass is 9.89. The van der Waals surface area contributed by atoms with Gasteiger partial charge in [0.2, 0.25) is 5.91 Å². The quantitative estimate of drug-likeness (QED) is 0.684. The van der Waals surface area contributed by atoms with E-state index in [0.29, 0.717) is 18.1 Å². The van der Waals surface area contributed by atoms with Gasteiger partial charge in [0.25, 0.3) is 0 Å². The maximum Gasteiger partial charge on any atom is 0.236 e. The van der Waals surface area contributed by atoms with Gasteiger partial charge in [-0.3, -0.25) is 14.5 Å². The molecule has 4 nitrogen and oxygen atoms in total. The van der Waals surface area contributed by atoms with Crippen LogP contribution in [0, 0.1) is 12.8 Å². The zero-order valence-corrected chi connectivity index (χ0v) is 17.3. The Hall–Kier alpha value is -2.17. The number of halogens is 1. The SMILES string of the molecule is Cc1ccccc1CN(C)C(=O)CN1CCC(C(=O)c2ccc(Cl)cc2)CC1. The first-order valence-electron chi connectivity index (χ1n) is 9.74. The van der Waals surface area contributed by atoms with Crippen molar-refractivity contribution in [3.8, 4) is 0 Å². The largest absolute Gasteiger partial charge is 0.340 e. The second-order valence-corrected chi connectivity index (χ2v) is 8.03. The average Bonchev–Trinajstić information content (AvgIpc) is 2.70. The first kappa shape index (κ1) is 20.6. The molecule has 1 aliphatic heterocycles. The van der Waals surface area contributed by atoms with Crippen molar-refractivity contribution in [3.63, 3.8) is 0 Å². The summed E-state index contributed by atoms with van der Waals surface area (Å²) in [4.78, 5) is 29.2. The number of nitrogens with zero attached hydrogens (tertiary/aromatic N) is 2. The molecule has 1 amide bonds. The van der Waals surface area contributed by atoms with Crippen LogP contribution in [0.15, 0.2) is 48.5 Å². The van der Waals surface area contributed by atoms with Crippen LogP contribution in [0.1, 0.15) is 34.3 Å². The number of likely N-dealkylation sites (tertiary alicyclic amines) is 1. The van der Waals surface area contributed by atoms with E-state index >= 15 is 0 Å². The highest BCUT2D eigenvalue weighted by atomic mass is 35.5. The van der Waals surface area contributed by atoms with Gasteiger partial charge in [-0.15, -0.1) is 0 Å². The lowest BCUT2D eigenvalue weighted by Gasteiger charge is -2.32. The zero-order valence-electron chi connectivity index (χ0n) is 16.5. The Morgan fingerprint density at radius 1 is 1.07 bits per heavy atom. The van der Waals surface area contributed by atoms with Gasteiger partial charge in [-0.1, -0.05) is 35.9 Å². The third kappa shape index (κ3) is 5.21. The van der Waals surface area contributed by atoms with Crippen LogP contribution in [0.3, 0.4) is 0 Å². The second kappa shape index (κ2) is 9.35. The molecule has 1 saturated heterocycles. The van der Waals surface area contributed by atoms with Gasteiger partial charge in [0.1, 0.15) is 0 Å². The molecule has 0 bridgehead atoms. The van der Waals surface area contributed by atoms with Crippen molar-refractivity contribution in [1.82, 2.24) is 9.80 Å². The first-order valence-corrected chi connectivity index (χ1v) is 10.1.